The normalized spacial score (nSPS) is 15.7. The Balaban J connectivity index is 1.68. The molecular formula is C21H20ClN3O4S. The molecule has 0 saturated heterocycles. The van der Waals surface area contributed by atoms with Gasteiger partial charge in [-0.3, -0.25) is 0 Å². The van der Waals surface area contributed by atoms with Crippen molar-refractivity contribution in [3.63, 3.8) is 0 Å². The molecule has 30 heavy (non-hydrogen) atoms. The van der Waals surface area contributed by atoms with E-state index in [1.54, 1.807) is 13.8 Å². The van der Waals surface area contributed by atoms with Crippen molar-refractivity contribution in [2.45, 2.75) is 32.2 Å². The molecule has 156 valence electrons. The van der Waals surface area contributed by atoms with E-state index in [1.807, 2.05) is 47.1 Å². The molecule has 0 N–H and O–H groups in total. The highest BCUT2D eigenvalue weighted by Gasteiger charge is 2.37. The second-order valence-corrected chi connectivity index (χ2v) is 10.5. The number of halogens is 1. The van der Waals surface area contributed by atoms with Crippen molar-refractivity contribution in [3.05, 3.63) is 58.7 Å². The molecule has 0 unspecified atom stereocenters. The number of nitrogens with zero attached hydrogens (tertiary/aromatic N) is 3. The van der Waals surface area contributed by atoms with Crippen molar-refractivity contribution in [2.75, 3.05) is 6.79 Å². The van der Waals surface area contributed by atoms with Crippen LogP contribution in [0.15, 0.2) is 42.5 Å². The Bertz CT molecular complexity index is 1240. The molecule has 0 fully saturated rings. The number of ether oxygens (including phenoxy) is 2. The van der Waals surface area contributed by atoms with Crippen LogP contribution in [0, 0.1) is 0 Å². The fraction of sp³-hybridized carbons (Fsp3) is 0.286. The molecule has 0 saturated carbocycles. The van der Waals surface area contributed by atoms with Crippen LogP contribution < -0.4 is 9.47 Å². The highest BCUT2D eigenvalue weighted by molar-refractivity contribution is 7.89. The second-order valence-electron chi connectivity index (χ2n) is 7.57. The minimum Gasteiger partial charge on any atom is -0.454 e. The lowest BCUT2D eigenvalue weighted by Crippen LogP contribution is -2.32. The van der Waals surface area contributed by atoms with Gasteiger partial charge in [-0.1, -0.05) is 29.8 Å². The smallest absolute Gasteiger partial charge is 0.231 e. The summed E-state index contributed by atoms with van der Waals surface area (Å²) in [7, 11) is -3.39. The Labute approximate surface area is 179 Å². The van der Waals surface area contributed by atoms with E-state index in [1.165, 1.54) is 4.31 Å². The zero-order chi connectivity index (χ0) is 21.0. The van der Waals surface area contributed by atoms with Crippen molar-refractivity contribution in [2.24, 2.45) is 0 Å². The van der Waals surface area contributed by atoms with Crippen LogP contribution in [0.1, 0.15) is 25.1 Å². The summed E-state index contributed by atoms with van der Waals surface area (Å²) < 4.78 is 40.0. The van der Waals surface area contributed by atoms with Crippen LogP contribution in [0.3, 0.4) is 0 Å². The third-order valence-corrected chi connectivity index (χ3v) is 7.83. The van der Waals surface area contributed by atoms with Gasteiger partial charge in [0.15, 0.2) is 11.5 Å². The van der Waals surface area contributed by atoms with Gasteiger partial charge in [0.25, 0.3) is 0 Å². The van der Waals surface area contributed by atoms with E-state index in [2.05, 4.69) is 0 Å². The quantitative estimate of drug-likeness (QED) is 0.607. The zero-order valence-corrected chi connectivity index (χ0v) is 18.1. The number of sulfonamides is 1. The zero-order valence-electron chi connectivity index (χ0n) is 16.5. The van der Waals surface area contributed by atoms with Crippen molar-refractivity contribution in [1.29, 1.82) is 0 Å². The van der Waals surface area contributed by atoms with Gasteiger partial charge in [0.1, 0.15) is 5.69 Å². The first-order valence-corrected chi connectivity index (χ1v) is 11.5. The first kappa shape index (κ1) is 19.4. The van der Waals surface area contributed by atoms with Gasteiger partial charge in [0.05, 0.1) is 23.2 Å². The standard InChI is InChI=1S/C21H20ClN3O4S/c1-13(2)30(26,27)24-10-16-17(11-24)23-25(20(16)14-6-8-15(22)9-7-14)18-4-3-5-19-21(18)29-12-28-19/h3-9,13H,10-12H2,1-2H3. The molecule has 2 aliphatic heterocycles. The van der Waals surface area contributed by atoms with Gasteiger partial charge in [-0.25, -0.2) is 13.1 Å². The van der Waals surface area contributed by atoms with Crippen LogP contribution in [0.5, 0.6) is 11.5 Å². The molecular weight excluding hydrogens is 426 g/mol. The van der Waals surface area contributed by atoms with E-state index in [0.29, 0.717) is 16.5 Å². The van der Waals surface area contributed by atoms with E-state index in [-0.39, 0.29) is 19.9 Å². The van der Waals surface area contributed by atoms with Crippen LogP contribution >= 0.6 is 11.6 Å². The average Bonchev–Trinajstić information content (AvgIpc) is 3.42. The van der Waals surface area contributed by atoms with Crippen LogP contribution in [0.4, 0.5) is 0 Å². The third kappa shape index (κ3) is 2.98. The minimum atomic E-state index is -3.39. The van der Waals surface area contributed by atoms with Gasteiger partial charge >= 0.3 is 0 Å². The molecule has 1 aromatic heterocycles. The summed E-state index contributed by atoms with van der Waals surface area (Å²) >= 11 is 6.10. The Morgan fingerprint density at radius 2 is 1.83 bits per heavy atom. The van der Waals surface area contributed by atoms with Crippen molar-refractivity contribution < 1.29 is 17.9 Å². The summed E-state index contributed by atoms with van der Waals surface area (Å²) in [5.74, 6) is 1.29. The number of rotatable bonds is 4. The number of fused-ring (bicyclic) bond motifs is 2. The SMILES string of the molecule is CC(C)S(=O)(=O)N1Cc2nn(-c3cccc4c3OCO4)c(-c3ccc(Cl)cc3)c2C1. The van der Waals surface area contributed by atoms with Crippen molar-refractivity contribution >= 4 is 21.6 Å². The summed E-state index contributed by atoms with van der Waals surface area (Å²) in [5, 5.41) is 4.94. The molecule has 5 rings (SSSR count). The molecule has 2 aromatic carbocycles. The number of aromatic nitrogens is 2. The Morgan fingerprint density at radius 3 is 2.57 bits per heavy atom. The summed E-state index contributed by atoms with van der Waals surface area (Å²) in [5.41, 5.74) is 4.10. The van der Waals surface area contributed by atoms with Crippen molar-refractivity contribution in [1.82, 2.24) is 14.1 Å². The van der Waals surface area contributed by atoms with Crippen LogP contribution in [-0.4, -0.2) is 34.5 Å². The van der Waals surface area contributed by atoms with E-state index >= 15 is 0 Å². The van der Waals surface area contributed by atoms with E-state index < -0.39 is 15.3 Å². The minimum absolute atomic E-state index is 0.157. The van der Waals surface area contributed by atoms with Crippen LogP contribution in [-0.2, 0) is 23.1 Å². The summed E-state index contributed by atoms with van der Waals surface area (Å²) in [6.07, 6.45) is 0. The molecule has 0 spiro atoms. The predicted molar refractivity (Wildman–Crippen MR) is 113 cm³/mol. The molecule has 0 aliphatic carbocycles. The lowest BCUT2D eigenvalue weighted by molar-refractivity contribution is 0.173. The molecule has 3 aromatic rings. The molecule has 7 nitrogen and oxygen atoms in total. The topological polar surface area (TPSA) is 73.7 Å². The van der Waals surface area contributed by atoms with Gasteiger partial charge < -0.3 is 9.47 Å². The van der Waals surface area contributed by atoms with Crippen LogP contribution in [0.25, 0.3) is 16.9 Å². The summed E-state index contributed by atoms with van der Waals surface area (Å²) in [6, 6.07) is 13.1. The predicted octanol–water partition coefficient (Wildman–Crippen LogP) is 3.98. The monoisotopic (exact) mass is 445 g/mol. The number of hydrogen-bond acceptors (Lipinski definition) is 5. The number of benzene rings is 2. The Hall–Kier alpha value is -2.55. The van der Waals surface area contributed by atoms with Crippen molar-refractivity contribution in [3.8, 4) is 28.4 Å². The molecule has 3 heterocycles. The first-order chi connectivity index (χ1) is 14.4. The average molecular weight is 446 g/mol. The Kier molecular flexibility index (Phi) is 4.53. The maximum absolute atomic E-state index is 12.7. The van der Waals surface area contributed by atoms with E-state index in [4.69, 9.17) is 26.2 Å². The van der Waals surface area contributed by atoms with Gasteiger partial charge in [-0.2, -0.15) is 9.40 Å². The van der Waals surface area contributed by atoms with E-state index in [9.17, 15) is 8.42 Å². The molecule has 0 atom stereocenters. The van der Waals surface area contributed by atoms with Crippen LogP contribution in [0.2, 0.25) is 5.02 Å². The number of hydrogen-bond donors (Lipinski definition) is 0. The van der Waals surface area contributed by atoms with E-state index in [0.717, 1.165) is 28.2 Å². The highest BCUT2D eigenvalue weighted by atomic mass is 35.5. The third-order valence-electron chi connectivity index (χ3n) is 5.40. The van der Waals surface area contributed by atoms with Gasteiger partial charge in [-0.15, -0.1) is 0 Å². The Morgan fingerprint density at radius 1 is 1.07 bits per heavy atom. The largest absolute Gasteiger partial charge is 0.454 e. The van der Waals surface area contributed by atoms with Gasteiger partial charge in [0, 0.05) is 22.7 Å². The molecule has 0 amide bonds. The number of para-hydroxylation sites is 1. The molecule has 0 radical (unpaired) electrons. The van der Waals surface area contributed by atoms with Gasteiger partial charge in [0.2, 0.25) is 16.8 Å². The summed E-state index contributed by atoms with van der Waals surface area (Å²) in [6.45, 7) is 4.06. The fourth-order valence-corrected chi connectivity index (χ4v) is 5.16. The summed E-state index contributed by atoms with van der Waals surface area (Å²) in [4.78, 5) is 0. The lowest BCUT2D eigenvalue weighted by Gasteiger charge is -2.19. The molecule has 2 aliphatic rings. The fourth-order valence-electron chi connectivity index (χ4n) is 3.83. The van der Waals surface area contributed by atoms with Gasteiger partial charge in [-0.05, 0) is 38.1 Å². The second kappa shape index (κ2) is 7.01. The maximum Gasteiger partial charge on any atom is 0.231 e. The highest BCUT2D eigenvalue weighted by Crippen LogP contribution is 2.42. The maximum atomic E-state index is 12.7. The lowest BCUT2D eigenvalue weighted by atomic mass is 10.1. The molecule has 0 bridgehead atoms. The molecule has 9 heteroatoms. The first-order valence-electron chi connectivity index (χ1n) is 9.61.